The molecular weight excluding hydrogens is 1150 g/mol. The predicted molar refractivity (Wildman–Crippen MR) is 342 cm³/mol. The number of carbonyl (C=O) groups excluding carboxylic acids is 1. The summed E-state index contributed by atoms with van der Waals surface area (Å²) in [5.41, 5.74) is 6.77. The second-order valence-electron chi connectivity index (χ2n) is 23.5. The van der Waals surface area contributed by atoms with Gasteiger partial charge in [-0.05, 0) is 142 Å². The summed E-state index contributed by atoms with van der Waals surface area (Å²) in [7, 11) is 0. The van der Waals surface area contributed by atoms with Crippen LogP contribution in [0.15, 0.2) is 155 Å². The number of para-hydroxylation sites is 1. The fraction of sp³-hybridized carbons (Fsp3) is 0.323. The number of aryl methyl sites for hydroxylation is 2. The standard InChI is InChI=1S/C24H35N7.C22H26N4O.C19H9Cl2F2N3OS/c1-24(2)18-10-9-17(20(24)15-18)16-26-21-28-22(27-19-7-4-3-5-8-19)30-23(29-21)31-13-6-11-25-12-14-31;1-15-6-10-17(11-7-15)23-21(27)24-20-14-19(22(3,4)5)25-26(20)18-12-8-16(2)9-13-18;20-11-2-1-3-12(21)17(11)18-14-5-7-16(25-26(14)9-24-19(18)27)28-15-6-4-10(22)8-13(15)23/h3-5,7-8,17-18,20,25H,6,9-16H2,1-2H3,(H2,26,27,28,29,30);6-14H,1-5H3,(H2,23,24,27);1-9H/t17-,18-,20-;;/m0../s1. The molecule has 3 atom stereocenters. The highest BCUT2D eigenvalue weighted by molar-refractivity contribution is 7.99. The number of hydrogen-bond acceptors (Lipinski definition) is 13. The van der Waals surface area contributed by atoms with E-state index >= 15 is 0 Å². The van der Waals surface area contributed by atoms with E-state index in [0.717, 1.165) is 103 Å². The zero-order valence-corrected chi connectivity index (χ0v) is 51.5. The average molecular weight is 1220 g/mol. The Morgan fingerprint density at radius 2 is 1.49 bits per heavy atom. The summed E-state index contributed by atoms with van der Waals surface area (Å²) in [5, 5.41) is 26.3. The summed E-state index contributed by atoms with van der Waals surface area (Å²) in [6.07, 6.45) is 6.42. The maximum Gasteiger partial charge on any atom is 0.324 e. The van der Waals surface area contributed by atoms with Crippen LogP contribution in [0.3, 0.4) is 0 Å². The number of aromatic nitrogens is 8. The van der Waals surface area contributed by atoms with Crippen molar-refractivity contribution in [1.82, 2.24) is 44.6 Å². The van der Waals surface area contributed by atoms with E-state index in [1.54, 1.807) is 35.0 Å². The number of amides is 2. The van der Waals surface area contributed by atoms with Crippen LogP contribution in [0.4, 0.5) is 48.6 Å². The molecule has 5 aromatic carbocycles. The van der Waals surface area contributed by atoms with E-state index in [4.69, 9.17) is 43.3 Å². The van der Waals surface area contributed by atoms with Crippen LogP contribution < -0.4 is 37.0 Å². The molecule has 5 N–H and O–H groups in total. The molecule has 86 heavy (non-hydrogen) atoms. The molecule has 2 amide bonds. The van der Waals surface area contributed by atoms with Crippen molar-refractivity contribution in [2.24, 2.45) is 23.2 Å². The molecule has 4 fully saturated rings. The first-order valence-corrected chi connectivity index (χ1v) is 30.4. The molecule has 0 radical (unpaired) electrons. The van der Waals surface area contributed by atoms with E-state index in [1.807, 2.05) is 98.8 Å². The third-order valence-electron chi connectivity index (χ3n) is 16.0. The SMILES string of the molecule is CC1(C)[C@H]2CC[C@@H](CNc3nc(Nc4ccccc4)nc(N4CCCNCC4)n3)[C@@H]1C2.Cc1ccc(NC(=O)Nc2cc(C(C)(C)C)nn2-c2ccc(C)cc2)cc1.O=c1ncn2nc(Sc3ccc(F)cc3F)ccc2c1-c1c(Cl)cccc1Cl. The monoisotopic (exact) mass is 1220 g/mol. The van der Waals surface area contributed by atoms with Crippen molar-refractivity contribution < 1.29 is 13.6 Å². The van der Waals surface area contributed by atoms with Crippen LogP contribution in [0.25, 0.3) is 22.3 Å². The molecule has 9 aromatic rings. The first-order valence-electron chi connectivity index (χ1n) is 28.8. The van der Waals surface area contributed by atoms with Gasteiger partial charge in [0.25, 0.3) is 5.56 Å². The predicted octanol–water partition coefficient (Wildman–Crippen LogP) is 14.8. The van der Waals surface area contributed by atoms with E-state index in [1.165, 1.54) is 47.8 Å². The van der Waals surface area contributed by atoms with Gasteiger partial charge in [-0.1, -0.05) is 129 Å². The van der Waals surface area contributed by atoms with Gasteiger partial charge in [0.05, 0.1) is 32.5 Å². The number of hydrogen-bond donors (Lipinski definition) is 5. The topological polar surface area (TPSA) is 184 Å². The Morgan fingerprint density at radius 3 is 2.19 bits per heavy atom. The van der Waals surface area contributed by atoms with Crippen molar-refractivity contribution in [2.45, 2.75) is 89.5 Å². The zero-order valence-electron chi connectivity index (χ0n) is 49.1. The molecule has 4 aromatic heterocycles. The Hall–Kier alpha value is -7.97. The van der Waals surface area contributed by atoms with E-state index in [-0.39, 0.29) is 21.9 Å². The minimum absolute atomic E-state index is 0.125. The number of rotatable bonds is 12. The van der Waals surface area contributed by atoms with E-state index in [0.29, 0.717) is 55.2 Å². The van der Waals surface area contributed by atoms with Gasteiger partial charge < -0.3 is 26.2 Å². The molecule has 3 saturated carbocycles. The fourth-order valence-corrected chi connectivity index (χ4v) is 12.5. The highest BCUT2D eigenvalue weighted by Gasteiger charge is 2.54. The van der Waals surface area contributed by atoms with Crippen LogP contribution in [-0.2, 0) is 5.41 Å². The lowest BCUT2D eigenvalue weighted by atomic mass is 9.45. The van der Waals surface area contributed by atoms with Crippen molar-refractivity contribution in [3.63, 3.8) is 0 Å². The molecule has 16 nitrogen and oxygen atoms in total. The van der Waals surface area contributed by atoms with Gasteiger partial charge in [0.1, 0.15) is 28.8 Å². The first-order chi connectivity index (χ1) is 41.2. The molecule has 2 bridgehead atoms. The molecule has 3 aliphatic carbocycles. The van der Waals surface area contributed by atoms with Gasteiger partial charge in [-0.25, -0.2) is 22.8 Å². The highest BCUT2D eigenvalue weighted by atomic mass is 35.5. The molecule has 0 spiro atoms. The Labute approximate surface area is 514 Å². The van der Waals surface area contributed by atoms with Crippen molar-refractivity contribution >= 4 is 81.5 Å². The molecule has 1 saturated heterocycles. The normalized spacial score (nSPS) is 17.0. The minimum Gasteiger partial charge on any atom is -0.354 e. The summed E-state index contributed by atoms with van der Waals surface area (Å²) in [6, 6.07) is 39.0. The Bertz CT molecular complexity index is 3870. The van der Waals surface area contributed by atoms with E-state index in [9.17, 15) is 18.4 Å². The van der Waals surface area contributed by atoms with Crippen LogP contribution in [0.5, 0.6) is 0 Å². The molecule has 4 aliphatic rings. The van der Waals surface area contributed by atoms with Crippen LogP contribution in [-0.4, -0.2) is 78.1 Å². The van der Waals surface area contributed by atoms with Gasteiger partial charge in [-0.2, -0.15) is 30.1 Å². The van der Waals surface area contributed by atoms with Crippen LogP contribution in [0, 0.1) is 48.7 Å². The highest BCUT2D eigenvalue weighted by Crippen LogP contribution is 2.61. The van der Waals surface area contributed by atoms with Crippen molar-refractivity contribution in [2.75, 3.05) is 58.9 Å². The first kappa shape index (κ1) is 61.1. The van der Waals surface area contributed by atoms with Crippen LogP contribution >= 0.6 is 35.0 Å². The molecule has 13 rings (SSSR count). The Balaban J connectivity index is 0.000000144. The average Bonchev–Trinajstić information content (AvgIpc) is 1.10. The van der Waals surface area contributed by atoms with Crippen LogP contribution in [0.2, 0.25) is 10.0 Å². The maximum atomic E-state index is 13.9. The van der Waals surface area contributed by atoms with Gasteiger partial charge in [0.2, 0.25) is 17.8 Å². The molecule has 1 aliphatic heterocycles. The maximum absolute atomic E-state index is 13.9. The van der Waals surface area contributed by atoms with Gasteiger partial charge in [0.15, 0.2) is 0 Å². The van der Waals surface area contributed by atoms with Gasteiger partial charge in [-0.15, -0.1) is 0 Å². The number of urea groups is 1. The lowest BCUT2D eigenvalue weighted by Gasteiger charge is -2.60. The largest absolute Gasteiger partial charge is 0.354 e. The second kappa shape index (κ2) is 26.7. The lowest BCUT2D eigenvalue weighted by Crippen LogP contribution is -2.53. The lowest BCUT2D eigenvalue weighted by molar-refractivity contribution is -0.100. The van der Waals surface area contributed by atoms with Gasteiger partial charge in [0, 0.05) is 65.6 Å². The second-order valence-corrected chi connectivity index (χ2v) is 25.4. The van der Waals surface area contributed by atoms with Gasteiger partial charge in [-0.3, -0.25) is 10.1 Å². The fourth-order valence-electron chi connectivity index (χ4n) is 11.1. The summed E-state index contributed by atoms with van der Waals surface area (Å²) >= 11 is 13.5. The van der Waals surface area contributed by atoms with Crippen molar-refractivity contribution in [1.29, 1.82) is 0 Å². The van der Waals surface area contributed by atoms with E-state index in [2.05, 4.69) is 76.2 Å². The number of carbonyl (C=O) groups is 1. The zero-order chi connectivity index (χ0) is 60.7. The van der Waals surface area contributed by atoms with Crippen LogP contribution in [0.1, 0.15) is 77.1 Å². The van der Waals surface area contributed by atoms with E-state index < -0.39 is 17.2 Å². The quantitative estimate of drug-likeness (QED) is 0.0779. The third kappa shape index (κ3) is 14.8. The summed E-state index contributed by atoms with van der Waals surface area (Å²) in [5.74, 6) is 3.77. The summed E-state index contributed by atoms with van der Waals surface area (Å²) in [4.78, 5) is 45.6. The Morgan fingerprint density at radius 1 is 0.767 bits per heavy atom. The third-order valence-corrected chi connectivity index (χ3v) is 17.6. The summed E-state index contributed by atoms with van der Waals surface area (Å²) < 4.78 is 30.1. The van der Waals surface area contributed by atoms with Gasteiger partial charge >= 0.3 is 6.03 Å². The number of anilines is 6. The van der Waals surface area contributed by atoms with Crippen molar-refractivity contribution in [3.05, 3.63) is 189 Å². The molecule has 21 heteroatoms. The number of nitrogens with one attached hydrogen (secondary N) is 5. The molecule has 446 valence electrons. The number of nitrogens with zero attached hydrogens (tertiary/aromatic N) is 9. The molecule has 0 unspecified atom stereocenters. The Kier molecular flexibility index (Phi) is 19.0. The minimum atomic E-state index is -0.687. The number of benzene rings is 5. The summed E-state index contributed by atoms with van der Waals surface area (Å²) in [6.45, 7) is 20.1. The molecule has 5 heterocycles. The number of fused-ring (bicyclic) bond motifs is 3. The number of halogens is 4. The smallest absolute Gasteiger partial charge is 0.324 e. The molecular formula is C65H70Cl2F2N14O2S. The van der Waals surface area contributed by atoms with Crippen molar-refractivity contribution in [3.8, 4) is 16.8 Å².